The van der Waals surface area contributed by atoms with Crippen molar-refractivity contribution in [2.45, 2.75) is 18.9 Å². The van der Waals surface area contributed by atoms with Crippen LogP contribution in [0.3, 0.4) is 0 Å². The number of aromatic nitrogens is 3. The van der Waals surface area contributed by atoms with E-state index in [1.54, 1.807) is 4.52 Å². The van der Waals surface area contributed by atoms with Crippen LogP contribution in [0, 0.1) is 0 Å². The summed E-state index contributed by atoms with van der Waals surface area (Å²) >= 11 is 6.06. The lowest BCUT2D eigenvalue weighted by molar-refractivity contribution is 0.306. The van der Waals surface area contributed by atoms with E-state index in [0.717, 1.165) is 24.4 Å². The van der Waals surface area contributed by atoms with Crippen LogP contribution >= 0.6 is 11.6 Å². The molecule has 4 nitrogen and oxygen atoms in total. The SMILES string of the molecule is CN1CCCC1c1nc2cccc(Cl)n2n1. The highest BCUT2D eigenvalue weighted by atomic mass is 35.5. The van der Waals surface area contributed by atoms with Gasteiger partial charge in [0.2, 0.25) is 0 Å². The highest BCUT2D eigenvalue weighted by molar-refractivity contribution is 6.29. The smallest absolute Gasteiger partial charge is 0.168 e. The van der Waals surface area contributed by atoms with E-state index in [0.29, 0.717) is 11.2 Å². The second-order valence-electron chi connectivity index (χ2n) is 4.23. The van der Waals surface area contributed by atoms with Crippen LogP contribution in [0.4, 0.5) is 0 Å². The number of hydrogen-bond acceptors (Lipinski definition) is 3. The fourth-order valence-corrected chi connectivity index (χ4v) is 2.46. The van der Waals surface area contributed by atoms with Gasteiger partial charge in [-0.25, -0.2) is 9.50 Å². The molecule has 0 N–H and O–H groups in total. The summed E-state index contributed by atoms with van der Waals surface area (Å²) in [7, 11) is 2.12. The molecule has 3 heterocycles. The van der Waals surface area contributed by atoms with Crippen molar-refractivity contribution in [3.8, 4) is 0 Å². The van der Waals surface area contributed by atoms with E-state index in [2.05, 4.69) is 22.0 Å². The molecule has 3 rings (SSSR count). The molecule has 1 unspecified atom stereocenters. The number of likely N-dealkylation sites (tertiary alicyclic amines) is 1. The van der Waals surface area contributed by atoms with Crippen LogP contribution in [0.25, 0.3) is 5.65 Å². The summed E-state index contributed by atoms with van der Waals surface area (Å²) in [5, 5.41) is 5.08. The molecular formula is C11H13ClN4. The Balaban J connectivity index is 2.08. The van der Waals surface area contributed by atoms with E-state index in [1.165, 1.54) is 6.42 Å². The summed E-state index contributed by atoms with van der Waals surface area (Å²) in [4.78, 5) is 6.83. The van der Waals surface area contributed by atoms with E-state index >= 15 is 0 Å². The fraction of sp³-hybridized carbons (Fsp3) is 0.455. The van der Waals surface area contributed by atoms with Gasteiger partial charge in [0, 0.05) is 0 Å². The molecule has 0 bridgehead atoms. The van der Waals surface area contributed by atoms with Crippen molar-refractivity contribution in [1.29, 1.82) is 0 Å². The minimum absolute atomic E-state index is 0.343. The molecule has 0 aliphatic carbocycles. The van der Waals surface area contributed by atoms with Crippen molar-refractivity contribution in [2.75, 3.05) is 13.6 Å². The lowest BCUT2D eigenvalue weighted by atomic mass is 10.2. The van der Waals surface area contributed by atoms with Gasteiger partial charge in [-0.2, -0.15) is 0 Å². The monoisotopic (exact) mass is 236 g/mol. The van der Waals surface area contributed by atoms with Gasteiger partial charge in [-0.05, 0) is 38.6 Å². The molecule has 0 spiro atoms. The lowest BCUT2D eigenvalue weighted by Gasteiger charge is -2.15. The third-order valence-corrected chi connectivity index (χ3v) is 3.43. The van der Waals surface area contributed by atoms with Gasteiger partial charge in [0.1, 0.15) is 5.15 Å². The van der Waals surface area contributed by atoms with Crippen LogP contribution in [-0.2, 0) is 0 Å². The first-order valence-corrected chi connectivity index (χ1v) is 5.85. The summed E-state index contributed by atoms with van der Waals surface area (Å²) in [6.45, 7) is 1.12. The normalized spacial score (nSPS) is 22.0. The van der Waals surface area contributed by atoms with Crippen LogP contribution in [-0.4, -0.2) is 33.1 Å². The fourth-order valence-electron chi connectivity index (χ4n) is 2.27. The summed E-state index contributed by atoms with van der Waals surface area (Å²) in [5.41, 5.74) is 0.822. The van der Waals surface area contributed by atoms with Crippen molar-refractivity contribution in [3.05, 3.63) is 29.2 Å². The Bertz CT molecular complexity index is 522. The van der Waals surface area contributed by atoms with E-state index < -0.39 is 0 Å². The van der Waals surface area contributed by atoms with Crippen LogP contribution in [0.5, 0.6) is 0 Å². The first-order valence-electron chi connectivity index (χ1n) is 5.47. The predicted molar refractivity (Wildman–Crippen MR) is 62.6 cm³/mol. The molecule has 84 valence electrons. The zero-order chi connectivity index (χ0) is 11.1. The highest BCUT2D eigenvalue weighted by Crippen LogP contribution is 2.28. The van der Waals surface area contributed by atoms with Crippen LogP contribution < -0.4 is 0 Å². The standard InChI is InChI=1S/C11H13ClN4/c1-15-7-3-4-8(15)11-13-10-6-2-5-9(12)16(10)14-11/h2,5-6,8H,3-4,7H2,1H3. The number of nitrogens with zero attached hydrogens (tertiary/aromatic N) is 4. The average molecular weight is 237 g/mol. The largest absolute Gasteiger partial charge is 0.296 e. The molecule has 2 aromatic rings. The maximum atomic E-state index is 6.06. The van der Waals surface area contributed by atoms with Gasteiger partial charge in [-0.1, -0.05) is 17.7 Å². The molecule has 1 saturated heterocycles. The number of pyridine rings is 1. The summed E-state index contributed by atoms with van der Waals surface area (Å²) < 4.78 is 1.70. The van der Waals surface area contributed by atoms with Gasteiger partial charge in [0.05, 0.1) is 6.04 Å². The van der Waals surface area contributed by atoms with Crippen LogP contribution in [0.15, 0.2) is 18.2 Å². The first kappa shape index (κ1) is 10.1. The van der Waals surface area contributed by atoms with Gasteiger partial charge in [-0.3, -0.25) is 4.90 Å². The molecule has 1 fully saturated rings. The lowest BCUT2D eigenvalue weighted by Crippen LogP contribution is -2.18. The van der Waals surface area contributed by atoms with E-state index in [9.17, 15) is 0 Å². The van der Waals surface area contributed by atoms with Crippen molar-refractivity contribution < 1.29 is 0 Å². The molecule has 1 aliphatic heterocycles. The Labute approximate surface area is 98.8 Å². The third kappa shape index (κ3) is 1.49. The maximum Gasteiger partial charge on any atom is 0.168 e. The Morgan fingerprint density at radius 1 is 1.44 bits per heavy atom. The third-order valence-electron chi connectivity index (χ3n) is 3.15. The van der Waals surface area contributed by atoms with Crippen LogP contribution in [0.2, 0.25) is 5.15 Å². The van der Waals surface area contributed by atoms with Gasteiger partial charge >= 0.3 is 0 Å². The Morgan fingerprint density at radius 2 is 2.31 bits per heavy atom. The molecule has 0 aromatic carbocycles. The molecule has 16 heavy (non-hydrogen) atoms. The van der Waals surface area contributed by atoms with Crippen LogP contribution in [0.1, 0.15) is 24.7 Å². The Hall–Kier alpha value is -1.13. The molecule has 1 atom stereocenters. The predicted octanol–water partition coefficient (Wildman–Crippen LogP) is 2.15. The van der Waals surface area contributed by atoms with Crippen molar-refractivity contribution in [3.63, 3.8) is 0 Å². The molecule has 2 aromatic heterocycles. The zero-order valence-corrected chi connectivity index (χ0v) is 9.85. The quantitative estimate of drug-likeness (QED) is 0.712. The van der Waals surface area contributed by atoms with Crippen molar-refractivity contribution >= 4 is 17.2 Å². The molecule has 0 amide bonds. The minimum Gasteiger partial charge on any atom is -0.296 e. The molecule has 0 saturated carbocycles. The van der Waals surface area contributed by atoms with Gasteiger partial charge in [0.25, 0.3) is 0 Å². The van der Waals surface area contributed by atoms with Crippen molar-refractivity contribution in [2.24, 2.45) is 0 Å². The molecular weight excluding hydrogens is 224 g/mol. The molecule has 0 radical (unpaired) electrons. The first-order chi connectivity index (χ1) is 7.75. The van der Waals surface area contributed by atoms with E-state index in [1.807, 2.05) is 18.2 Å². The minimum atomic E-state index is 0.343. The highest BCUT2D eigenvalue weighted by Gasteiger charge is 2.26. The Morgan fingerprint density at radius 3 is 3.00 bits per heavy atom. The van der Waals surface area contributed by atoms with Gasteiger partial charge in [0.15, 0.2) is 11.5 Å². The average Bonchev–Trinajstić information content (AvgIpc) is 2.84. The number of fused-ring (bicyclic) bond motifs is 1. The number of halogens is 1. The van der Waals surface area contributed by atoms with E-state index in [4.69, 9.17) is 11.6 Å². The summed E-state index contributed by atoms with van der Waals surface area (Å²) in [6.07, 6.45) is 2.34. The second-order valence-corrected chi connectivity index (χ2v) is 4.61. The second kappa shape index (κ2) is 3.71. The molecule has 1 aliphatic rings. The summed E-state index contributed by atoms with van der Waals surface area (Å²) in [6, 6.07) is 5.99. The summed E-state index contributed by atoms with van der Waals surface area (Å²) in [5.74, 6) is 0.883. The zero-order valence-electron chi connectivity index (χ0n) is 9.10. The number of hydrogen-bond donors (Lipinski definition) is 0. The van der Waals surface area contributed by atoms with Gasteiger partial charge in [-0.15, -0.1) is 5.10 Å². The molecule has 5 heteroatoms. The number of rotatable bonds is 1. The van der Waals surface area contributed by atoms with Crippen molar-refractivity contribution in [1.82, 2.24) is 19.5 Å². The maximum absolute atomic E-state index is 6.06. The van der Waals surface area contributed by atoms with E-state index in [-0.39, 0.29) is 0 Å². The Kier molecular flexibility index (Phi) is 2.33. The topological polar surface area (TPSA) is 33.4 Å². The van der Waals surface area contributed by atoms with Gasteiger partial charge < -0.3 is 0 Å².